The average molecular weight is 495 g/mol. The summed E-state index contributed by atoms with van der Waals surface area (Å²) in [7, 11) is 4.18. The normalized spacial score (nSPS) is 34.5. The van der Waals surface area contributed by atoms with Crippen molar-refractivity contribution in [3.8, 4) is 0 Å². The first-order valence-electron chi connectivity index (χ1n) is 11.8. The van der Waals surface area contributed by atoms with Crippen molar-refractivity contribution in [3.05, 3.63) is 34.2 Å². The van der Waals surface area contributed by atoms with Crippen LogP contribution in [0.3, 0.4) is 0 Å². The lowest BCUT2D eigenvalue weighted by Gasteiger charge is -2.47. The molecule has 3 rings (SSSR count). The minimum absolute atomic E-state index is 0.0682. The van der Waals surface area contributed by atoms with E-state index in [0.29, 0.717) is 18.4 Å². The van der Waals surface area contributed by atoms with Gasteiger partial charge in [0.05, 0.1) is 18.3 Å². The fourth-order valence-corrected chi connectivity index (χ4v) is 5.21. The molecule has 190 valence electrons. The van der Waals surface area contributed by atoms with Crippen molar-refractivity contribution in [2.75, 3.05) is 25.7 Å². The maximum Gasteiger partial charge on any atom is 0.351 e. The molecule has 2 saturated heterocycles. The molecule has 3 heterocycles. The molecule has 34 heavy (non-hydrogen) atoms. The monoisotopic (exact) mass is 494 g/mol. The lowest BCUT2D eigenvalue weighted by Crippen LogP contribution is -2.56. The lowest BCUT2D eigenvalue weighted by molar-refractivity contribution is -0.285. The molecule has 2 fully saturated rings. The molecule has 1 amide bonds. The van der Waals surface area contributed by atoms with Crippen molar-refractivity contribution in [2.24, 2.45) is 11.8 Å². The van der Waals surface area contributed by atoms with Crippen LogP contribution in [0.2, 0.25) is 0 Å². The Morgan fingerprint density at radius 3 is 2.56 bits per heavy atom. The van der Waals surface area contributed by atoms with Crippen molar-refractivity contribution in [3.63, 3.8) is 0 Å². The summed E-state index contributed by atoms with van der Waals surface area (Å²) in [6.45, 7) is 8.50. The number of thioether (sulfide) groups is 1. The highest BCUT2D eigenvalue weighted by Gasteiger charge is 2.43. The van der Waals surface area contributed by atoms with E-state index in [-0.39, 0.29) is 42.2 Å². The maximum atomic E-state index is 12.6. The van der Waals surface area contributed by atoms with E-state index in [9.17, 15) is 9.59 Å². The summed E-state index contributed by atoms with van der Waals surface area (Å²) in [6.07, 6.45) is 5.22. The Balaban J connectivity index is 1.60. The van der Waals surface area contributed by atoms with Gasteiger partial charge in [-0.3, -0.25) is 9.36 Å². The molecule has 1 aromatic rings. The summed E-state index contributed by atoms with van der Waals surface area (Å²) in [4.78, 5) is 30.6. The quantitative estimate of drug-likeness (QED) is 0.578. The maximum absolute atomic E-state index is 12.6. The molecule has 0 spiro atoms. The van der Waals surface area contributed by atoms with Crippen molar-refractivity contribution in [1.82, 2.24) is 14.5 Å². The van der Waals surface area contributed by atoms with E-state index < -0.39 is 11.9 Å². The molecule has 0 aromatic carbocycles. The minimum Gasteiger partial charge on any atom is -0.352 e. The van der Waals surface area contributed by atoms with Crippen molar-refractivity contribution in [1.29, 1.82) is 0 Å². The Labute approximate surface area is 206 Å². The molecular formula is C24H38N4O5S. The largest absolute Gasteiger partial charge is 0.352 e. The Hall–Kier alpha value is -1.72. The summed E-state index contributed by atoms with van der Waals surface area (Å²) in [5.41, 5.74) is -0.468. The van der Waals surface area contributed by atoms with Crippen molar-refractivity contribution < 1.29 is 19.0 Å². The molecule has 0 aliphatic carbocycles. The first-order valence-corrected chi connectivity index (χ1v) is 13.1. The second kappa shape index (κ2) is 11.8. The second-order valence-electron chi connectivity index (χ2n) is 9.46. The van der Waals surface area contributed by atoms with Crippen molar-refractivity contribution in [2.45, 2.75) is 77.4 Å². The zero-order valence-corrected chi connectivity index (χ0v) is 22.0. The number of anilines is 1. The Bertz CT molecular complexity index is 923. The Kier molecular flexibility index (Phi) is 9.34. The number of hydrogen-bond donors (Lipinski definition) is 1. The fourth-order valence-electron chi connectivity index (χ4n) is 4.95. The van der Waals surface area contributed by atoms with E-state index in [2.05, 4.69) is 50.1 Å². The van der Waals surface area contributed by atoms with E-state index in [1.54, 1.807) is 17.7 Å². The standard InChI is InChI=1S/C24H38N4O5S/c1-14-15(2)23(32-17(4)22(14)27(5)6)33-18-8-9-21(31-16(18)3)28-12-10-19(26-24(28)30)25-20(29)11-13-34-7/h10-18,21-23H,8-9H2,1-7H3,(H,25,26,29,30)/b13-11+. The third-order valence-electron chi connectivity index (χ3n) is 6.87. The zero-order chi connectivity index (χ0) is 25.0. The molecule has 10 heteroatoms. The molecule has 2 aliphatic heterocycles. The van der Waals surface area contributed by atoms with Gasteiger partial charge in [-0.2, -0.15) is 4.98 Å². The number of amides is 1. The Morgan fingerprint density at radius 1 is 1.21 bits per heavy atom. The number of carbonyl (C=O) groups excluding carboxylic acids is 1. The first kappa shape index (κ1) is 26.9. The topological polar surface area (TPSA) is 94.9 Å². The third-order valence-corrected chi connectivity index (χ3v) is 7.28. The summed E-state index contributed by atoms with van der Waals surface area (Å²) in [6, 6.07) is 1.94. The highest BCUT2D eigenvalue weighted by atomic mass is 32.2. The molecule has 1 N–H and O–H groups in total. The highest BCUT2D eigenvalue weighted by molar-refractivity contribution is 8.01. The molecule has 0 radical (unpaired) electrons. The van der Waals surface area contributed by atoms with Crippen LogP contribution in [-0.2, 0) is 19.0 Å². The second-order valence-corrected chi connectivity index (χ2v) is 10.2. The van der Waals surface area contributed by atoms with Crippen LogP contribution in [0.15, 0.2) is 28.5 Å². The van der Waals surface area contributed by atoms with Crippen LogP contribution >= 0.6 is 11.8 Å². The van der Waals surface area contributed by atoms with Gasteiger partial charge in [0.1, 0.15) is 12.0 Å². The van der Waals surface area contributed by atoms with Gasteiger partial charge in [-0.1, -0.05) is 13.8 Å². The van der Waals surface area contributed by atoms with E-state index in [1.807, 2.05) is 13.2 Å². The fraction of sp³-hybridized carbons (Fsp3) is 0.708. The van der Waals surface area contributed by atoms with Crippen LogP contribution in [-0.4, -0.2) is 71.4 Å². The van der Waals surface area contributed by atoms with Gasteiger partial charge in [-0.15, -0.1) is 11.8 Å². The molecule has 2 aliphatic rings. The van der Waals surface area contributed by atoms with Gasteiger partial charge < -0.3 is 24.4 Å². The predicted octanol–water partition coefficient (Wildman–Crippen LogP) is 3.09. The molecule has 9 nitrogen and oxygen atoms in total. The summed E-state index contributed by atoms with van der Waals surface area (Å²) in [5.74, 6) is 0.552. The number of rotatable bonds is 7. The van der Waals surface area contributed by atoms with Gasteiger partial charge in [-0.05, 0) is 64.4 Å². The van der Waals surface area contributed by atoms with Gasteiger partial charge in [0.25, 0.3) is 0 Å². The van der Waals surface area contributed by atoms with E-state index in [0.717, 1.165) is 6.42 Å². The molecule has 0 bridgehead atoms. The average Bonchev–Trinajstić information content (AvgIpc) is 2.77. The number of likely N-dealkylation sites (N-methyl/N-ethyl adjacent to an activating group) is 1. The SMILES string of the molecule is CS/C=C/C(=O)Nc1ccn(C2CCC(OC3OC(C)C(N(C)C)C(C)C3C)C(C)O2)c(=O)n1. The van der Waals surface area contributed by atoms with E-state index in [1.165, 1.54) is 22.4 Å². The van der Waals surface area contributed by atoms with E-state index >= 15 is 0 Å². The van der Waals surface area contributed by atoms with Gasteiger partial charge >= 0.3 is 5.69 Å². The van der Waals surface area contributed by atoms with Crippen LogP contribution in [0.25, 0.3) is 0 Å². The van der Waals surface area contributed by atoms with E-state index in [4.69, 9.17) is 14.2 Å². The molecular weight excluding hydrogens is 456 g/mol. The van der Waals surface area contributed by atoms with Crippen LogP contribution in [0.1, 0.15) is 46.8 Å². The molecule has 1 aromatic heterocycles. The summed E-state index contributed by atoms with van der Waals surface area (Å²) >= 11 is 1.41. The third kappa shape index (κ3) is 6.28. The molecule has 8 unspecified atom stereocenters. The van der Waals surface area contributed by atoms with Gasteiger partial charge in [0, 0.05) is 24.2 Å². The summed E-state index contributed by atoms with van der Waals surface area (Å²) < 4.78 is 20.3. The lowest BCUT2D eigenvalue weighted by atomic mass is 9.82. The highest BCUT2D eigenvalue weighted by Crippen LogP contribution is 2.36. The Morgan fingerprint density at radius 2 is 1.94 bits per heavy atom. The number of nitrogens with one attached hydrogen (secondary N) is 1. The minimum atomic E-state index is -0.468. The zero-order valence-electron chi connectivity index (χ0n) is 21.1. The van der Waals surface area contributed by atoms with Crippen LogP contribution < -0.4 is 11.0 Å². The van der Waals surface area contributed by atoms with Gasteiger partial charge in [0.15, 0.2) is 6.29 Å². The van der Waals surface area contributed by atoms with Gasteiger partial charge in [-0.25, -0.2) is 4.79 Å². The van der Waals surface area contributed by atoms with Crippen LogP contribution in [0, 0.1) is 11.8 Å². The van der Waals surface area contributed by atoms with Crippen LogP contribution in [0.4, 0.5) is 5.82 Å². The van der Waals surface area contributed by atoms with Gasteiger partial charge in [0.2, 0.25) is 5.91 Å². The number of ether oxygens (including phenoxy) is 3. The first-order chi connectivity index (χ1) is 16.1. The smallest absolute Gasteiger partial charge is 0.351 e. The number of aromatic nitrogens is 2. The molecule has 0 saturated carbocycles. The number of nitrogens with zero attached hydrogens (tertiary/aromatic N) is 3. The van der Waals surface area contributed by atoms with Crippen LogP contribution in [0.5, 0.6) is 0 Å². The molecule has 8 atom stereocenters. The van der Waals surface area contributed by atoms with Crippen molar-refractivity contribution >= 4 is 23.5 Å². The number of hydrogen-bond acceptors (Lipinski definition) is 8. The predicted molar refractivity (Wildman–Crippen MR) is 134 cm³/mol. The summed E-state index contributed by atoms with van der Waals surface area (Å²) in [5, 5.41) is 4.25. The number of carbonyl (C=O) groups is 1.